The zero-order valence-electron chi connectivity index (χ0n) is 15.2. The summed E-state index contributed by atoms with van der Waals surface area (Å²) >= 11 is 0. The minimum Gasteiger partial charge on any atom is -0.369 e. The van der Waals surface area contributed by atoms with Gasteiger partial charge in [-0.15, -0.1) is 0 Å². The molecule has 2 atom stereocenters. The van der Waals surface area contributed by atoms with E-state index in [2.05, 4.69) is 32.9 Å². The molecule has 1 aliphatic heterocycles. The van der Waals surface area contributed by atoms with Crippen LogP contribution < -0.4 is 5.73 Å². The first-order valence-corrected chi connectivity index (χ1v) is 8.58. The van der Waals surface area contributed by atoms with Gasteiger partial charge in [-0.2, -0.15) is 0 Å². The number of likely N-dealkylation sites (tertiary alicyclic amines) is 1. The molecule has 0 bridgehead atoms. The number of carbonyl (C=O) groups is 2. The first-order valence-electron chi connectivity index (χ1n) is 8.58. The monoisotopic (exact) mass is 406 g/mol. The second-order valence-corrected chi connectivity index (χ2v) is 7.05. The third-order valence-corrected chi connectivity index (χ3v) is 5.40. The molecule has 24 heavy (non-hydrogen) atoms. The van der Waals surface area contributed by atoms with Crippen molar-refractivity contribution in [3.63, 3.8) is 0 Å². The van der Waals surface area contributed by atoms with Gasteiger partial charge in [0.25, 0.3) is 0 Å². The summed E-state index contributed by atoms with van der Waals surface area (Å²) in [4.78, 5) is 24.2. The molecule has 1 aromatic carbocycles. The van der Waals surface area contributed by atoms with Gasteiger partial charge in [0, 0.05) is 39.1 Å². The van der Waals surface area contributed by atoms with Gasteiger partial charge in [-0.3, -0.25) is 9.59 Å². The van der Waals surface area contributed by atoms with Crippen LogP contribution >= 0.6 is 0 Å². The quantitative estimate of drug-likeness (QED) is 0.736. The summed E-state index contributed by atoms with van der Waals surface area (Å²) in [6, 6.07) is 6.15. The van der Waals surface area contributed by atoms with Crippen molar-refractivity contribution >= 4 is 11.7 Å². The molecule has 2 N–H and O–H groups in total. The van der Waals surface area contributed by atoms with Crippen LogP contribution in [-0.2, 0) is 48.7 Å². The van der Waals surface area contributed by atoms with Gasteiger partial charge in [0.2, 0.25) is 5.91 Å². The average Bonchev–Trinajstić information content (AvgIpc) is 2.51. The molecule has 2 rings (SSSR count). The number of Topliss-reactive ketones (excluding diaryl/α,β-unsaturated/α-hetero) is 1. The van der Waals surface area contributed by atoms with Crippen molar-refractivity contribution in [3.05, 3.63) is 34.9 Å². The second kappa shape index (κ2) is 9.21. The number of rotatable bonds is 6. The minimum absolute atomic E-state index is 0. The van der Waals surface area contributed by atoms with E-state index in [9.17, 15) is 9.59 Å². The van der Waals surface area contributed by atoms with Crippen molar-refractivity contribution < 1.29 is 46.8 Å². The Morgan fingerprint density at radius 1 is 1.25 bits per heavy atom. The summed E-state index contributed by atoms with van der Waals surface area (Å²) in [6.07, 6.45) is 2.32. The number of ketones is 1. The van der Waals surface area contributed by atoms with E-state index in [0.717, 1.165) is 31.5 Å². The molecule has 1 radical (unpaired) electrons. The molecule has 1 saturated heterocycles. The number of nitrogens with zero attached hydrogens (tertiary/aromatic N) is 1. The van der Waals surface area contributed by atoms with Gasteiger partial charge >= 0.3 is 0 Å². The molecule has 0 saturated carbocycles. The van der Waals surface area contributed by atoms with Crippen molar-refractivity contribution in [1.29, 1.82) is 0 Å². The van der Waals surface area contributed by atoms with E-state index in [-0.39, 0.29) is 50.3 Å². The summed E-state index contributed by atoms with van der Waals surface area (Å²) in [7, 11) is 0. The number of quaternary nitrogens is 1. The van der Waals surface area contributed by atoms with Gasteiger partial charge in [0.1, 0.15) is 6.54 Å². The van der Waals surface area contributed by atoms with E-state index >= 15 is 0 Å². The number of amides is 1. The predicted molar refractivity (Wildman–Crippen MR) is 91.9 cm³/mol. The second-order valence-electron chi connectivity index (χ2n) is 7.05. The summed E-state index contributed by atoms with van der Waals surface area (Å²) in [5.41, 5.74) is 9.00. The van der Waals surface area contributed by atoms with Crippen LogP contribution in [0.25, 0.3) is 0 Å². The Labute approximate surface area is 170 Å². The number of benzene rings is 1. The van der Waals surface area contributed by atoms with E-state index in [0.29, 0.717) is 24.0 Å². The molecular formula is C19H29N2O2Y+. The van der Waals surface area contributed by atoms with Crippen LogP contribution in [-0.4, -0.2) is 42.4 Å². The largest absolute Gasteiger partial charge is 0.369 e. The van der Waals surface area contributed by atoms with Gasteiger partial charge in [0.05, 0.1) is 25.6 Å². The summed E-state index contributed by atoms with van der Waals surface area (Å²) in [5.74, 6) is -0.0473. The van der Waals surface area contributed by atoms with Crippen molar-refractivity contribution in [2.45, 2.75) is 40.0 Å². The van der Waals surface area contributed by atoms with E-state index in [1.165, 1.54) is 11.1 Å². The maximum absolute atomic E-state index is 12.7. The van der Waals surface area contributed by atoms with Crippen LogP contribution in [0.3, 0.4) is 0 Å². The first-order chi connectivity index (χ1) is 10.9. The van der Waals surface area contributed by atoms with Crippen LogP contribution in [0.4, 0.5) is 0 Å². The average molecular weight is 406 g/mol. The number of likely N-dealkylation sites (N-methyl/N-ethyl adjacent to an activating group) is 1. The van der Waals surface area contributed by atoms with Crippen LogP contribution in [0.5, 0.6) is 0 Å². The molecule has 1 fully saturated rings. The molecule has 5 heteroatoms. The number of hydrogen-bond donors (Lipinski definition) is 1. The zero-order valence-corrected chi connectivity index (χ0v) is 18.0. The molecule has 0 spiro atoms. The third-order valence-electron chi connectivity index (χ3n) is 5.40. The van der Waals surface area contributed by atoms with E-state index in [4.69, 9.17) is 5.73 Å². The Morgan fingerprint density at radius 2 is 1.88 bits per heavy atom. The molecule has 1 heterocycles. The molecule has 1 aromatic rings. The number of carbonyl (C=O) groups excluding carboxylic acids is 2. The van der Waals surface area contributed by atoms with Crippen LogP contribution in [0.2, 0.25) is 0 Å². The summed E-state index contributed by atoms with van der Waals surface area (Å²) < 4.78 is 0.706. The first kappa shape index (κ1) is 21.5. The SMILES string of the molecule is CC[N+]1(CC(=O)Cc2c(C)cccc2C)CCCC(C(N)=O)C1.[Y]. The van der Waals surface area contributed by atoms with Crippen molar-refractivity contribution in [2.24, 2.45) is 11.7 Å². The van der Waals surface area contributed by atoms with E-state index in [1.807, 2.05) is 6.07 Å². The molecule has 0 aromatic heterocycles. The molecule has 2 unspecified atom stereocenters. The summed E-state index contributed by atoms with van der Waals surface area (Å²) in [5, 5.41) is 0. The van der Waals surface area contributed by atoms with Gasteiger partial charge in [-0.25, -0.2) is 0 Å². The normalized spacial score (nSPS) is 23.4. The number of aryl methyl sites for hydroxylation is 2. The molecule has 1 amide bonds. The van der Waals surface area contributed by atoms with Gasteiger partial charge in [-0.05, 0) is 50.3 Å². The Hall–Kier alpha value is -0.576. The summed E-state index contributed by atoms with van der Waals surface area (Å²) in [6.45, 7) is 9.29. The fraction of sp³-hybridized carbons (Fsp3) is 0.579. The fourth-order valence-corrected chi connectivity index (χ4v) is 3.85. The zero-order chi connectivity index (χ0) is 17.0. The maximum atomic E-state index is 12.7. The topological polar surface area (TPSA) is 60.2 Å². The standard InChI is InChI=1S/C19H28N2O2.Y/c1-4-21(10-6-9-16(12-21)19(20)23)13-17(22)11-18-14(2)7-5-8-15(18)3;/h5,7-8,16H,4,6,9-13H2,1-3H3,(H-,20,23);/p+1. The van der Waals surface area contributed by atoms with E-state index < -0.39 is 0 Å². The molecular weight excluding hydrogens is 377 g/mol. The Kier molecular flexibility index (Phi) is 8.24. The number of primary amides is 1. The van der Waals surface area contributed by atoms with Crippen LogP contribution in [0, 0.1) is 19.8 Å². The molecule has 129 valence electrons. The maximum Gasteiger partial charge on any atom is 0.226 e. The molecule has 0 aliphatic carbocycles. The van der Waals surface area contributed by atoms with Crippen LogP contribution in [0.1, 0.15) is 36.5 Å². The Balaban J connectivity index is 0.00000288. The number of nitrogens with two attached hydrogens (primary N) is 1. The minimum atomic E-state index is -0.220. The fourth-order valence-electron chi connectivity index (χ4n) is 3.85. The number of piperidine rings is 1. The van der Waals surface area contributed by atoms with Crippen molar-refractivity contribution in [1.82, 2.24) is 0 Å². The smallest absolute Gasteiger partial charge is 0.226 e. The van der Waals surface area contributed by atoms with E-state index in [1.54, 1.807) is 0 Å². The van der Waals surface area contributed by atoms with Gasteiger partial charge in [-0.1, -0.05) is 18.2 Å². The van der Waals surface area contributed by atoms with Gasteiger partial charge in [0.15, 0.2) is 5.78 Å². The van der Waals surface area contributed by atoms with Crippen molar-refractivity contribution in [2.75, 3.05) is 26.2 Å². The third kappa shape index (κ3) is 5.21. The Morgan fingerprint density at radius 3 is 2.42 bits per heavy atom. The Bertz CT molecular complexity index is 583. The predicted octanol–water partition coefficient (Wildman–Crippen LogP) is 2.14. The number of hydrogen-bond acceptors (Lipinski definition) is 2. The molecule has 1 aliphatic rings. The van der Waals surface area contributed by atoms with Crippen molar-refractivity contribution in [3.8, 4) is 0 Å². The van der Waals surface area contributed by atoms with Crippen LogP contribution in [0.15, 0.2) is 18.2 Å². The van der Waals surface area contributed by atoms with Gasteiger partial charge < -0.3 is 10.2 Å². The molecule has 4 nitrogen and oxygen atoms in total.